The van der Waals surface area contributed by atoms with Gasteiger partial charge in [-0.15, -0.1) is 0 Å². The van der Waals surface area contributed by atoms with Crippen LogP contribution in [0.5, 0.6) is 0 Å². The predicted octanol–water partition coefficient (Wildman–Crippen LogP) is 1.03. The second-order valence-corrected chi connectivity index (χ2v) is 7.97. The Kier molecular flexibility index (Phi) is 5.04. The molecule has 0 spiro atoms. The van der Waals surface area contributed by atoms with E-state index >= 15 is 0 Å². The van der Waals surface area contributed by atoms with Gasteiger partial charge in [-0.05, 0) is 38.6 Å². The van der Waals surface area contributed by atoms with Gasteiger partial charge in [-0.2, -0.15) is 0 Å². The molecule has 0 aromatic carbocycles. The van der Waals surface area contributed by atoms with Crippen LogP contribution in [0.1, 0.15) is 39.0 Å². The number of rotatable bonds is 8. The third-order valence-electron chi connectivity index (χ3n) is 3.92. The van der Waals surface area contributed by atoms with Gasteiger partial charge in [-0.25, -0.2) is 8.42 Å². The lowest BCUT2D eigenvalue weighted by Crippen LogP contribution is -2.41. The summed E-state index contributed by atoms with van der Waals surface area (Å²) in [6.45, 7) is 4.76. The van der Waals surface area contributed by atoms with Crippen molar-refractivity contribution >= 4 is 9.84 Å². The van der Waals surface area contributed by atoms with Gasteiger partial charge in [0.1, 0.15) is 0 Å². The Hall–Kier alpha value is -0.130. The molecule has 0 radical (unpaired) electrons. The van der Waals surface area contributed by atoms with Crippen LogP contribution in [0.15, 0.2) is 0 Å². The van der Waals surface area contributed by atoms with Gasteiger partial charge in [0.05, 0.1) is 5.75 Å². The van der Waals surface area contributed by atoms with Crippen molar-refractivity contribution in [3.63, 3.8) is 0 Å². The number of likely N-dealkylation sites (tertiary alicyclic amines) is 1. The third kappa shape index (κ3) is 4.52. The van der Waals surface area contributed by atoms with Gasteiger partial charge >= 0.3 is 0 Å². The van der Waals surface area contributed by atoms with Crippen LogP contribution in [0, 0.1) is 0 Å². The van der Waals surface area contributed by atoms with Crippen LogP contribution in [0.4, 0.5) is 0 Å². The standard InChI is InChI=1S/C13H26N2O2S/c1-2-9-18(16,17)10-8-15-7-3-4-13(15)11-14-12-5-6-12/h12-14H,2-11H2,1H3. The van der Waals surface area contributed by atoms with E-state index in [9.17, 15) is 8.42 Å². The van der Waals surface area contributed by atoms with E-state index in [2.05, 4.69) is 10.2 Å². The summed E-state index contributed by atoms with van der Waals surface area (Å²) >= 11 is 0. The lowest BCUT2D eigenvalue weighted by atomic mass is 10.2. The minimum absolute atomic E-state index is 0.334. The Morgan fingerprint density at radius 3 is 2.67 bits per heavy atom. The Balaban J connectivity index is 1.72. The van der Waals surface area contributed by atoms with Crippen LogP contribution in [-0.4, -0.2) is 56.5 Å². The van der Waals surface area contributed by atoms with Crippen LogP contribution in [0.25, 0.3) is 0 Å². The molecule has 1 unspecified atom stereocenters. The molecule has 2 fully saturated rings. The quantitative estimate of drug-likeness (QED) is 0.718. The Morgan fingerprint density at radius 2 is 2.00 bits per heavy atom. The number of hydrogen-bond donors (Lipinski definition) is 1. The maximum atomic E-state index is 11.7. The van der Waals surface area contributed by atoms with Gasteiger partial charge in [-0.1, -0.05) is 6.92 Å². The summed E-state index contributed by atoms with van der Waals surface area (Å²) in [6, 6.07) is 1.30. The Morgan fingerprint density at radius 1 is 1.22 bits per heavy atom. The minimum Gasteiger partial charge on any atom is -0.312 e. The average Bonchev–Trinajstić information content (AvgIpc) is 3.03. The molecule has 4 nitrogen and oxygen atoms in total. The number of nitrogens with zero attached hydrogens (tertiary/aromatic N) is 1. The zero-order valence-corrected chi connectivity index (χ0v) is 12.2. The molecule has 1 aliphatic heterocycles. The number of hydrogen-bond acceptors (Lipinski definition) is 4. The second kappa shape index (κ2) is 6.35. The normalized spacial score (nSPS) is 25.7. The van der Waals surface area contributed by atoms with Crippen molar-refractivity contribution in [1.29, 1.82) is 0 Å². The maximum Gasteiger partial charge on any atom is 0.151 e. The lowest BCUT2D eigenvalue weighted by molar-refractivity contribution is 0.260. The first-order valence-corrected chi connectivity index (χ1v) is 9.11. The first-order chi connectivity index (χ1) is 8.61. The summed E-state index contributed by atoms with van der Waals surface area (Å²) in [5.41, 5.74) is 0. The Bertz CT molecular complexity index is 352. The lowest BCUT2D eigenvalue weighted by Gasteiger charge is -2.24. The maximum absolute atomic E-state index is 11.7. The molecule has 0 aromatic rings. The van der Waals surface area contributed by atoms with Crippen molar-refractivity contribution in [3.05, 3.63) is 0 Å². The molecular weight excluding hydrogens is 248 g/mol. The highest BCUT2D eigenvalue weighted by Gasteiger charge is 2.28. The fourth-order valence-corrected chi connectivity index (χ4v) is 4.02. The summed E-state index contributed by atoms with van der Waals surface area (Å²) in [6.07, 6.45) is 5.79. The van der Waals surface area contributed by atoms with Gasteiger partial charge < -0.3 is 5.32 Å². The Labute approximate surface area is 111 Å². The molecular formula is C13H26N2O2S. The van der Waals surface area contributed by atoms with Crippen LogP contribution < -0.4 is 5.32 Å². The van der Waals surface area contributed by atoms with Gasteiger partial charge in [0, 0.05) is 30.9 Å². The van der Waals surface area contributed by atoms with E-state index in [0.717, 1.165) is 32.1 Å². The molecule has 1 aliphatic carbocycles. The van der Waals surface area contributed by atoms with Gasteiger partial charge in [0.2, 0.25) is 0 Å². The van der Waals surface area contributed by atoms with Crippen molar-refractivity contribution in [1.82, 2.24) is 10.2 Å². The SMILES string of the molecule is CCCS(=O)(=O)CCN1CCCC1CNC1CC1. The molecule has 5 heteroatoms. The highest BCUT2D eigenvalue weighted by molar-refractivity contribution is 7.91. The molecule has 1 heterocycles. The van der Waals surface area contributed by atoms with E-state index < -0.39 is 9.84 Å². The van der Waals surface area contributed by atoms with E-state index in [0.29, 0.717) is 17.5 Å². The molecule has 106 valence electrons. The van der Waals surface area contributed by atoms with Gasteiger partial charge in [0.25, 0.3) is 0 Å². The van der Waals surface area contributed by atoms with Crippen molar-refractivity contribution < 1.29 is 8.42 Å². The molecule has 2 aliphatic rings. The zero-order chi connectivity index (χ0) is 13.0. The van der Waals surface area contributed by atoms with E-state index in [-0.39, 0.29) is 0 Å². The van der Waals surface area contributed by atoms with Crippen molar-refractivity contribution in [3.8, 4) is 0 Å². The molecule has 1 atom stereocenters. The van der Waals surface area contributed by atoms with E-state index in [1.165, 1.54) is 25.7 Å². The molecule has 2 rings (SSSR count). The highest BCUT2D eigenvalue weighted by atomic mass is 32.2. The van der Waals surface area contributed by atoms with Crippen LogP contribution in [0.3, 0.4) is 0 Å². The molecule has 0 bridgehead atoms. The first-order valence-electron chi connectivity index (χ1n) is 7.28. The largest absolute Gasteiger partial charge is 0.312 e. The predicted molar refractivity (Wildman–Crippen MR) is 74.6 cm³/mol. The number of sulfone groups is 1. The highest BCUT2D eigenvalue weighted by Crippen LogP contribution is 2.21. The zero-order valence-electron chi connectivity index (χ0n) is 11.4. The monoisotopic (exact) mass is 274 g/mol. The van der Waals surface area contributed by atoms with Crippen LogP contribution in [-0.2, 0) is 9.84 Å². The summed E-state index contributed by atoms with van der Waals surface area (Å²) in [7, 11) is -2.82. The topological polar surface area (TPSA) is 49.4 Å². The van der Waals surface area contributed by atoms with Gasteiger partial charge in [0.15, 0.2) is 9.84 Å². The van der Waals surface area contributed by atoms with Gasteiger partial charge in [-0.3, -0.25) is 4.90 Å². The average molecular weight is 274 g/mol. The van der Waals surface area contributed by atoms with E-state index in [1.54, 1.807) is 0 Å². The smallest absolute Gasteiger partial charge is 0.151 e. The summed E-state index contributed by atoms with van der Waals surface area (Å²) in [4.78, 5) is 2.36. The summed E-state index contributed by atoms with van der Waals surface area (Å²) in [5, 5.41) is 3.56. The molecule has 0 aromatic heterocycles. The first kappa shape index (κ1) is 14.3. The summed E-state index contributed by atoms with van der Waals surface area (Å²) < 4.78 is 23.5. The molecule has 18 heavy (non-hydrogen) atoms. The molecule has 1 N–H and O–H groups in total. The van der Waals surface area contributed by atoms with E-state index in [4.69, 9.17) is 0 Å². The molecule has 1 saturated heterocycles. The summed E-state index contributed by atoms with van der Waals surface area (Å²) in [5.74, 6) is 0.673. The fourth-order valence-electron chi connectivity index (χ4n) is 2.68. The number of nitrogens with one attached hydrogen (secondary N) is 1. The third-order valence-corrected chi connectivity index (χ3v) is 5.76. The van der Waals surface area contributed by atoms with Crippen molar-refractivity contribution in [2.75, 3.05) is 31.1 Å². The van der Waals surface area contributed by atoms with Crippen molar-refractivity contribution in [2.45, 2.75) is 51.1 Å². The minimum atomic E-state index is -2.82. The fraction of sp³-hybridized carbons (Fsp3) is 1.00. The van der Waals surface area contributed by atoms with E-state index in [1.807, 2.05) is 6.92 Å². The molecule has 0 amide bonds. The van der Waals surface area contributed by atoms with Crippen LogP contribution in [0.2, 0.25) is 0 Å². The second-order valence-electron chi connectivity index (χ2n) is 5.67. The van der Waals surface area contributed by atoms with Crippen LogP contribution >= 0.6 is 0 Å². The molecule has 1 saturated carbocycles. The van der Waals surface area contributed by atoms with Crippen molar-refractivity contribution in [2.24, 2.45) is 0 Å².